The van der Waals surface area contributed by atoms with Crippen LogP contribution in [0.5, 0.6) is 0 Å². The number of esters is 1. The van der Waals surface area contributed by atoms with Gasteiger partial charge in [-0.3, -0.25) is 10.1 Å². The van der Waals surface area contributed by atoms with Gasteiger partial charge in [0, 0.05) is 12.1 Å². The number of aryl methyl sites for hydroxylation is 1. The summed E-state index contributed by atoms with van der Waals surface area (Å²) in [5.74, 6) is -0.537. The van der Waals surface area contributed by atoms with Gasteiger partial charge >= 0.3 is 5.97 Å². The van der Waals surface area contributed by atoms with E-state index in [0.717, 1.165) is 5.56 Å². The number of hydrogen-bond acceptors (Lipinski definition) is 7. The summed E-state index contributed by atoms with van der Waals surface area (Å²) in [6.07, 6.45) is -0.369. The highest BCUT2D eigenvalue weighted by atomic mass is 16.6. The predicted octanol–water partition coefficient (Wildman–Crippen LogP) is 3.87. The zero-order valence-electron chi connectivity index (χ0n) is 18.4. The van der Waals surface area contributed by atoms with Gasteiger partial charge in [-0.2, -0.15) is 0 Å². The monoisotopic (exact) mass is 429 g/mol. The van der Waals surface area contributed by atoms with Crippen LogP contribution < -0.4 is 11.1 Å². The summed E-state index contributed by atoms with van der Waals surface area (Å²) in [6, 6.07) is 12.2. The average Bonchev–Trinajstić information content (AvgIpc) is 2.69. The number of nitro groups is 1. The fraction of sp³-hybridized carbons (Fsp3) is 0.435. The van der Waals surface area contributed by atoms with Crippen molar-refractivity contribution >= 4 is 17.3 Å². The number of carbonyl (C=O) groups excluding carboxylic acids is 1. The number of anilines is 1. The van der Waals surface area contributed by atoms with E-state index in [2.05, 4.69) is 5.32 Å². The van der Waals surface area contributed by atoms with Gasteiger partial charge in [0.25, 0.3) is 5.69 Å². The number of nitrogens with two attached hydrogens (primary N) is 1. The molecule has 2 aromatic carbocycles. The molecule has 0 heterocycles. The molecule has 0 fully saturated rings. The Kier molecular flexibility index (Phi) is 8.13. The van der Waals surface area contributed by atoms with Crippen molar-refractivity contribution in [3.63, 3.8) is 0 Å². The van der Waals surface area contributed by atoms with Gasteiger partial charge in [0.05, 0.1) is 11.0 Å². The maximum absolute atomic E-state index is 12.8. The first-order valence-electron chi connectivity index (χ1n) is 10.2. The third kappa shape index (κ3) is 7.34. The molecule has 3 atom stereocenters. The second-order valence-corrected chi connectivity index (χ2v) is 8.60. The number of nitrogens with one attached hydrogen (secondary N) is 1. The smallest absolute Gasteiger partial charge is 0.329 e. The van der Waals surface area contributed by atoms with Gasteiger partial charge < -0.3 is 20.9 Å². The number of ether oxygens (including phenoxy) is 1. The summed E-state index contributed by atoms with van der Waals surface area (Å²) in [5, 5.41) is 24.9. The molecule has 0 spiro atoms. The van der Waals surface area contributed by atoms with Crippen molar-refractivity contribution in [2.75, 3.05) is 5.32 Å². The fourth-order valence-electron chi connectivity index (χ4n) is 3.15. The Balaban J connectivity index is 2.20. The van der Waals surface area contributed by atoms with Crippen molar-refractivity contribution < 1.29 is 19.6 Å². The van der Waals surface area contributed by atoms with Crippen molar-refractivity contribution in [2.24, 2.45) is 5.73 Å². The van der Waals surface area contributed by atoms with Crippen molar-refractivity contribution in [3.8, 4) is 0 Å². The van der Waals surface area contributed by atoms with Gasteiger partial charge in [-0.1, -0.05) is 36.4 Å². The molecule has 8 nitrogen and oxygen atoms in total. The van der Waals surface area contributed by atoms with Crippen LogP contribution >= 0.6 is 0 Å². The van der Waals surface area contributed by atoms with Gasteiger partial charge in [-0.05, 0) is 57.7 Å². The van der Waals surface area contributed by atoms with Crippen LogP contribution in [0.3, 0.4) is 0 Å². The van der Waals surface area contributed by atoms with Crippen LogP contribution in [-0.2, 0) is 9.53 Å². The standard InChI is InChI=1S/C23H31N3O5/c1-15-10-13-20(26(29)30)19(14-15)25-18(22(28)31-23(2,3)4)12-11-17(24)21(27)16-8-6-5-7-9-16/h5-10,13-14,17-18,21,25,27H,11-12,24H2,1-4H3. The highest BCUT2D eigenvalue weighted by Crippen LogP contribution is 2.28. The molecule has 0 amide bonds. The van der Waals surface area contributed by atoms with Crippen LogP contribution in [0.25, 0.3) is 0 Å². The molecule has 0 saturated carbocycles. The average molecular weight is 430 g/mol. The highest BCUT2D eigenvalue weighted by Gasteiger charge is 2.29. The molecule has 0 aliphatic rings. The Hall–Kier alpha value is -2.97. The number of nitrogens with zero attached hydrogens (tertiary/aromatic N) is 1. The van der Waals surface area contributed by atoms with Gasteiger partial charge in [-0.15, -0.1) is 0 Å². The lowest BCUT2D eigenvalue weighted by Crippen LogP contribution is -2.38. The molecule has 0 bridgehead atoms. The fourth-order valence-corrected chi connectivity index (χ4v) is 3.15. The van der Waals surface area contributed by atoms with Crippen molar-refractivity contribution in [1.29, 1.82) is 0 Å². The molecule has 0 saturated heterocycles. The quantitative estimate of drug-likeness (QED) is 0.314. The second-order valence-electron chi connectivity index (χ2n) is 8.60. The summed E-state index contributed by atoms with van der Waals surface area (Å²) >= 11 is 0. The third-order valence-corrected chi connectivity index (χ3v) is 4.71. The van der Waals surface area contributed by atoms with Crippen LogP contribution in [0, 0.1) is 17.0 Å². The zero-order chi connectivity index (χ0) is 23.2. The molecule has 0 aliphatic carbocycles. The first-order valence-corrected chi connectivity index (χ1v) is 10.2. The summed E-state index contributed by atoms with van der Waals surface area (Å²) < 4.78 is 5.51. The molecule has 31 heavy (non-hydrogen) atoms. The number of rotatable bonds is 9. The van der Waals surface area contributed by atoms with Crippen LogP contribution in [0.1, 0.15) is 50.8 Å². The predicted molar refractivity (Wildman–Crippen MR) is 120 cm³/mol. The van der Waals surface area contributed by atoms with Gasteiger partial charge in [0.2, 0.25) is 0 Å². The minimum Gasteiger partial charge on any atom is -0.458 e. The molecular weight excluding hydrogens is 398 g/mol. The van der Waals surface area contributed by atoms with E-state index in [-0.39, 0.29) is 17.8 Å². The third-order valence-electron chi connectivity index (χ3n) is 4.71. The van der Waals surface area contributed by atoms with E-state index in [1.807, 2.05) is 25.1 Å². The SMILES string of the molecule is Cc1ccc([N+](=O)[O-])c(NC(CCC(N)C(O)c2ccccc2)C(=O)OC(C)(C)C)c1. The molecule has 168 valence electrons. The first kappa shape index (κ1) is 24.3. The Labute approximate surface area is 182 Å². The maximum atomic E-state index is 12.8. The number of carbonyl (C=O) groups is 1. The van der Waals surface area contributed by atoms with E-state index in [0.29, 0.717) is 12.0 Å². The lowest BCUT2D eigenvalue weighted by atomic mass is 9.97. The molecule has 3 unspecified atom stereocenters. The summed E-state index contributed by atoms with van der Waals surface area (Å²) in [4.78, 5) is 23.7. The van der Waals surface area contributed by atoms with E-state index in [1.54, 1.807) is 45.0 Å². The van der Waals surface area contributed by atoms with Crippen molar-refractivity contribution in [1.82, 2.24) is 0 Å². The second kappa shape index (κ2) is 10.4. The van der Waals surface area contributed by atoms with E-state index in [9.17, 15) is 20.0 Å². The number of nitro benzene ring substituents is 1. The van der Waals surface area contributed by atoms with E-state index in [4.69, 9.17) is 10.5 Å². The zero-order valence-corrected chi connectivity index (χ0v) is 18.4. The molecule has 4 N–H and O–H groups in total. The molecule has 0 radical (unpaired) electrons. The molecule has 2 aromatic rings. The lowest BCUT2D eigenvalue weighted by Gasteiger charge is -2.26. The molecule has 8 heteroatoms. The molecule has 2 rings (SSSR count). The van der Waals surface area contributed by atoms with Crippen LogP contribution in [0.15, 0.2) is 48.5 Å². The number of benzene rings is 2. The highest BCUT2D eigenvalue weighted by molar-refractivity contribution is 5.81. The Morgan fingerprint density at radius 3 is 2.42 bits per heavy atom. The number of aliphatic hydroxyl groups is 1. The topological polar surface area (TPSA) is 128 Å². The minimum absolute atomic E-state index is 0.132. The number of hydrogen-bond donors (Lipinski definition) is 3. The summed E-state index contributed by atoms with van der Waals surface area (Å²) in [6.45, 7) is 7.06. The Bertz CT molecular complexity index is 896. The van der Waals surface area contributed by atoms with Crippen LogP contribution in [-0.4, -0.2) is 33.7 Å². The molecular formula is C23H31N3O5. The van der Waals surface area contributed by atoms with Gasteiger partial charge in [-0.25, -0.2) is 4.79 Å². The normalized spacial score (nSPS) is 14.4. The van der Waals surface area contributed by atoms with E-state index >= 15 is 0 Å². The summed E-state index contributed by atoms with van der Waals surface area (Å²) in [7, 11) is 0. The van der Waals surface area contributed by atoms with Gasteiger partial charge in [0.15, 0.2) is 0 Å². The summed E-state index contributed by atoms with van der Waals surface area (Å²) in [5.41, 5.74) is 7.06. The first-order chi connectivity index (χ1) is 14.5. The van der Waals surface area contributed by atoms with Crippen molar-refractivity contribution in [3.05, 3.63) is 69.8 Å². The largest absolute Gasteiger partial charge is 0.458 e. The van der Waals surface area contributed by atoms with E-state index < -0.39 is 34.7 Å². The van der Waals surface area contributed by atoms with Crippen LogP contribution in [0.4, 0.5) is 11.4 Å². The molecule has 0 aliphatic heterocycles. The van der Waals surface area contributed by atoms with Crippen LogP contribution in [0.2, 0.25) is 0 Å². The maximum Gasteiger partial charge on any atom is 0.329 e. The Morgan fingerprint density at radius 2 is 1.84 bits per heavy atom. The van der Waals surface area contributed by atoms with Gasteiger partial charge in [0.1, 0.15) is 17.3 Å². The lowest BCUT2D eigenvalue weighted by molar-refractivity contribution is -0.384. The minimum atomic E-state index is -0.895. The molecule has 0 aromatic heterocycles. The Morgan fingerprint density at radius 1 is 1.19 bits per heavy atom. The van der Waals surface area contributed by atoms with E-state index in [1.165, 1.54) is 6.07 Å². The van der Waals surface area contributed by atoms with Crippen molar-refractivity contribution in [2.45, 2.75) is 64.3 Å². The number of aliphatic hydroxyl groups excluding tert-OH is 1.